The maximum Gasteiger partial charge on any atom is 0.303 e. The first-order chi connectivity index (χ1) is 7.91. The molecule has 1 N–H and O–H groups in total. The quantitative estimate of drug-likeness (QED) is 0.917. The third-order valence-electron chi connectivity index (χ3n) is 2.51. The summed E-state index contributed by atoms with van der Waals surface area (Å²) < 4.78 is 24.0. The van der Waals surface area contributed by atoms with E-state index >= 15 is 0 Å². The number of fused-ring (bicyclic) bond motifs is 1. The topological polar surface area (TPSA) is 71.4 Å². The predicted molar refractivity (Wildman–Crippen MR) is 63.5 cm³/mol. The van der Waals surface area contributed by atoms with Crippen molar-refractivity contribution in [2.24, 2.45) is 0 Å². The molecule has 0 atom stereocenters. The largest absolute Gasteiger partial charge is 0.481 e. The fourth-order valence-electron chi connectivity index (χ4n) is 1.71. The van der Waals surface area contributed by atoms with Gasteiger partial charge in [-0.15, -0.1) is 0 Å². The number of aliphatic carboxylic acids is 1. The van der Waals surface area contributed by atoms with Crippen LogP contribution in [0.2, 0.25) is 5.02 Å². The predicted octanol–water partition coefficient (Wildman–Crippen LogP) is 2.33. The van der Waals surface area contributed by atoms with Crippen molar-refractivity contribution >= 4 is 33.5 Å². The van der Waals surface area contributed by atoms with Gasteiger partial charge in [0.25, 0.3) is 0 Å². The lowest BCUT2D eigenvalue weighted by atomic mass is 10.2. The molecule has 0 spiro atoms. The third kappa shape index (κ3) is 2.21. The Labute approximate surface area is 103 Å². The van der Waals surface area contributed by atoms with Crippen LogP contribution < -0.4 is 0 Å². The Kier molecular flexibility index (Phi) is 2.97. The summed E-state index contributed by atoms with van der Waals surface area (Å²) >= 11 is 5.77. The highest BCUT2D eigenvalue weighted by atomic mass is 35.5. The van der Waals surface area contributed by atoms with Crippen LogP contribution in [0.5, 0.6) is 0 Å². The number of sulfone groups is 1. The minimum absolute atomic E-state index is 0.00393. The molecule has 1 aliphatic rings. The van der Waals surface area contributed by atoms with Crippen LogP contribution in [0.3, 0.4) is 0 Å². The molecule has 0 amide bonds. The summed E-state index contributed by atoms with van der Waals surface area (Å²) in [6.45, 7) is 0. The molecule has 0 aromatic heterocycles. The first-order valence-corrected chi connectivity index (χ1v) is 6.74. The van der Waals surface area contributed by atoms with Crippen molar-refractivity contribution in [3.8, 4) is 0 Å². The lowest BCUT2D eigenvalue weighted by molar-refractivity contribution is -0.136. The molecule has 0 saturated carbocycles. The van der Waals surface area contributed by atoms with E-state index in [4.69, 9.17) is 16.7 Å². The zero-order valence-electron chi connectivity index (χ0n) is 8.68. The van der Waals surface area contributed by atoms with Crippen molar-refractivity contribution in [3.05, 3.63) is 33.7 Å². The van der Waals surface area contributed by atoms with Gasteiger partial charge in [0, 0.05) is 5.02 Å². The second-order valence-electron chi connectivity index (χ2n) is 3.69. The van der Waals surface area contributed by atoms with E-state index in [0.29, 0.717) is 10.6 Å². The second-order valence-corrected chi connectivity index (χ2v) is 6.10. The van der Waals surface area contributed by atoms with E-state index in [1.54, 1.807) is 6.07 Å². The van der Waals surface area contributed by atoms with E-state index < -0.39 is 15.8 Å². The molecule has 1 heterocycles. The number of benzene rings is 1. The lowest BCUT2D eigenvalue weighted by Gasteiger charge is -2.02. The Morgan fingerprint density at radius 2 is 2.06 bits per heavy atom. The van der Waals surface area contributed by atoms with Crippen molar-refractivity contribution < 1.29 is 18.3 Å². The van der Waals surface area contributed by atoms with Gasteiger partial charge in [0.2, 0.25) is 9.84 Å². The molecular weight excluding hydrogens is 264 g/mol. The van der Waals surface area contributed by atoms with Gasteiger partial charge < -0.3 is 5.11 Å². The van der Waals surface area contributed by atoms with Crippen LogP contribution >= 0.6 is 11.6 Å². The van der Waals surface area contributed by atoms with Crippen molar-refractivity contribution in [3.63, 3.8) is 0 Å². The van der Waals surface area contributed by atoms with Gasteiger partial charge in [-0.2, -0.15) is 0 Å². The molecular formula is C11H9ClO4S. The maximum absolute atomic E-state index is 12.0. The SMILES string of the molecule is O=C(O)CCC1=Cc2cc(Cl)ccc2S1(=O)=O. The standard InChI is InChI=1S/C11H9ClO4S/c12-8-1-3-10-7(5-8)6-9(17(10,15)16)2-4-11(13)14/h1,3,5-6H,2,4H2,(H,13,14). The lowest BCUT2D eigenvalue weighted by Crippen LogP contribution is -2.03. The molecule has 6 heteroatoms. The zero-order valence-corrected chi connectivity index (χ0v) is 10.3. The van der Waals surface area contributed by atoms with Gasteiger partial charge in [-0.05, 0) is 36.3 Å². The summed E-state index contributed by atoms with van der Waals surface area (Å²) in [5.74, 6) is -1.02. The average molecular weight is 273 g/mol. The Hall–Kier alpha value is -1.33. The summed E-state index contributed by atoms with van der Waals surface area (Å²) in [5, 5.41) is 9.02. The van der Waals surface area contributed by atoms with Crippen LogP contribution in [0, 0.1) is 0 Å². The molecule has 17 heavy (non-hydrogen) atoms. The van der Waals surface area contributed by atoms with Crippen molar-refractivity contribution in [1.82, 2.24) is 0 Å². The highest BCUT2D eigenvalue weighted by molar-refractivity contribution is 7.95. The first-order valence-electron chi connectivity index (χ1n) is 4.88. The summed E-state index contributed by atoms with van der Waals surface area (Å²) in [6.07, 6.45) is 1.29. The van der Waals surface area contributed by atoms with E-state index in [9.17, 15) is 13.2 Å². The van der Waals surface area contributed by atoms with Gasteiger partial charge in [-0.25, -0.2) is 8.42 Å². The van der Waals surface area contributed by atoms with Crippen LogP contribution in [0.15, 0.2) is 28.0 Å². The van der Waals surface area contributed by atoms with Crippen LogP contribution in [0.4, 0.5) is 0 Å². The third-order valence-corrected chi connectivity index (χ3v) is 4.71. The van der Waals surface area contributed by atoms with Gasteiger partial charge in [0.15, 0.2) is 0 Å². The summed E-state index contributed by atoms with van der Waals surface area (Å²) in [4.78, 5) is 10.8. The summed E-state index contributed by atoms with van der Waals surface area (Å²) in [7, 11) is -3.52. The molecule has 0 aliphatic carbocycles. The van der Waals surface area contributed by atoms with E-state index in [-0.39, 0.29) is 22.6 Å². The van der Waals surface area contributed by atoms with E-state index in [2.05, 4.69) is 0 Å². The number of allylic oxidation sites excluding steroid dienone is 1. The molecule has 0 saturated heterocycles. The number of hydrogen-bond donors (Lipinski definition) is 1. The number of carboxylic acids is 1. The first kappa shape index (κ1) is 12.1. The Morgan fingerprint density at radius 3 is 2.71 bits per heavy atom. The molecule has 90 valence electrons. The smallest absolute Gasteiger partial charge is 0.303 e. The Balaban J connectivity index is 2.40. The number of rotatable bonds is 3. The zero-order chi connectivity index (χ0) is 12.6. The monoisotopic (exact) mass is 272 g/mol. The fraction of sp³-hybridized carbons (Fsp3) is 0.182. The van der Waals surface area contributed by atoms with Crippen LogP contribution in [0.25, 0.3) is 6.08 Å². The fourth-order valence-corrected chi connectivity index (χ4v) is 3.50. The van der Waals surface area contributed by atoms with Gasteiger partial charge in [-0.3, -0.25) is 4.79 Å². The van der Waals surface area contributed by atoms with Gasteiger partial charge >= 0.3 is 5.97 Å². The molecule has 4 nitrogen and oxygen atoms in total. The molecule has 0 unspecified atom stereocenters. The van der Waals surface area contributed by atoms with E-state index in [0.717, 1.165) is 0 Å². The molecule has 0 bridgehead atoms. The summed E-state index contributed by atoms with van der Waals surface area (Å²) in [5.41, 5.74) is 0.526. The van der Waals surface area contributed by atoms with E-state index in [1.165, 1.54) is 18.2 Å². The minimum Gasteiger partial charge on any atom is -0.481 e. The number of carbonyl (C=O) groups is 1. The minimum atomic E-state index is -3.52. The molecule has 0 fully saturated rings. The van der Waals surface area contributed by atoms with Gasteiger partial charge in [0.05, 0.1) is 16.2 Å². The van der Waals surface area contributed by atoms with Gasteiger partial charge in [0.1, 0.15) is 0 Å². The Morgan fingerprint density at radius 1 is 1.35 bits per heavy atom. The number of hydrogen-bond acceptors (Lipinski definition) is 3. The van der Waals surface area contributed by atoms with Crippen molar-refractivity contribution in [1.29, 1.82) is 0 Å². The summed E-state index contributed by atoms with van der Waals surface area (Å²) in [6, 6.07) is 4.51. The second kappa shape index (κ2) is 4.16. The van der Waals surface area contributed by atoms with E-state index in [1.807, 2.05) is 0 Å². The molecule has 1 aliphatic heterocycles. The molecule has 1 aromatic carbocycles. The molecule has 2 rings (SSSR count). The van der Waals surface area contributed by atoms with Gasteiger partial charge in [-0.1, -0.05) is 11.6 Å². The van der Waals surface area contributed by atoms with Crippen molar-refractivity contribution in [2.75, 3.05) is 0 Å². The normalized spacial score (nSPS) is 16.4. The number of halogens is 1. The maximum atomic E-state index is 12.0. The highest BCUT2D eigenvalue weighted by Gasteiger charge is 2.29. The highest BCUT2D eigenvalue weighted by Crippen LogP contribution is 2.36. The van der Waals surface area contributed by atoms with Crippen LogP contribution in [-0.4, -0.2) is 19.5 Å². The van der Waals surface area contributed by atoms with Crippen molar-refractivity contribution in [2.45, 2.75) is 17.7 Å². The van der Waals surface area contributed by atoms with Crippen LogP contribution in [0.1, 0.15) is 18.4 Å². The number of carboxylic acid groups (broad SMARTS) is 1. The molecule has 1 aromatic rings. The van der Waals surface area contributed by atoms with Crippen LogP contribution in [-0.2, 0) is 14.6 Å². The molecule has 0 radical (unpaired) electrons. The Bertz CT molecular complexity index is 616. The average Bonchev–Trinajstić information content (AvgIpc) is 2.46.